The lowest BCUT2D eigenvalue weighted by Gasteiger charge is -2.09. The molecular weight excluding hydrogens is 363 g/mol. The molecule has 9 heteroatoms. The van der Waals surface area contributed by atoms with Crippen LogP contribution in [0.5, 0.6) is 0 Å². The third-order valence-electron chi connectivity index (χ3n) is 4.13. The predicted molar refractivity (Wildman–Crippen MR) is 94.3 cm³/mol. The lowest BCUT2D eigenvalue weighted by atomic mass is 10.2. The number of amides is 1. The number of hydrogen-bond donors (Lipinski definition) is 2. The summed E-state index contributed by atoms with van der Waals surface area (Å²) >= 11 is 5.69. The molecule has 1 aliphatic carbocycles. The summed E-state index contributed by atoms with van der Waals surface area (Å²) in [6.07, 6.45) is 2.98. The highest BCUT2D eigenvalue weighted by Gasteiger charge is 2.27. The van der Waals surface area contributed by atoms with Gasteiger partial charge in [-0.05, 0) is 37.1 Å². The summed E-state index contributed by atoms with van der Waals surface area (Å²) in [6, 6.07) is 5.18. The maximum absolute atomic E-state index is 13.2. The Balaban J connectivity index is 1.73. The number of benzene rings is 1. The van der Waals surface area contributed by atoms with Gasteiger partial charge in [-0.2, -0.15) is 0 Å². The molecule has 132 valence electrons. The normalized spacial score (nSPS) is 13.8. The summed E-state index contributed by atoms with van der Waals surface area (Å²) in [4.78, 5) is 42.9. The van der Waals surface area contributed by atoms with Crippen molar-refractivity contribution >= 4 is 34.2 Å². The number of halogens is 2. The second-order valence-electron chi connectivity index (χ2n) is 6.04. The average Bonchev–Trinajstić information content (AvgIpc) is 3.43. The van der Waals surface area contributed by atoms with Crippen LogP contribution in [0.4, 0.5) is 10.1 Å². The molecule has 0 bridgehead atoms. The Labute approximate surface area is 150 Å². The number of pyridine rings is 1. The monoisotopic (exact) mass is 374 g/mol. The number of fused-ring (bicyclic) bond motifs is 1. The van der Waals surface area contributed by atoms with Gasteiger partial charge in [-0.15, -0.1) is 0 Å². The smallest absolute Gasteiger partial charge is 0.322 e. The van der Waals surface area contributed by atoms with Crippen LogP contribution >= 0.6 is 11.6 Å². The van der Waals surface area contributed by atoms with Gasteiger partial charge in [0.2, 0.25) is 0 Å². The van der Waals surface area contributed by atoms with Crippen molar-refractivity contribution in [2.45, 2.75) is 18.9 Å². The standard InChI is InChI=1S/C17H12ClFN4O3/c18-12-6-9(1-4-13(12)19)21-15(24)8-5-11-14(20-7-8)23(10-2-3-10)17(26)22-16(11)25/h1,4-7,10H,2-3H2,(H,21,24)(H,22,25,26). The van der Waals surface area contributed by atoms with Gasteiger partial charge in [-0.1, -0.05) is 11.6 Å². The molecule has 1 saturated carbocycles. The number of carbonyl (C=O) groups is 1. The highest BCUT2D eigenvalue weighted by molar-refractivity contribution is 6.31. The molecule has 1 aliphatic rings. The number of aromatic nitrogens is 3. The molecule has 1 amide bonds. The van der Waals surface area contributed by atoms with E-state index in [2.05, 4.69) is 15.3 Å². The van der Waals surface area contributed by atoms with Crippen LogP contribution in [0.15, 0.2) is 40.1 Å². The van der Waals surface area contributed by atoms with Gasteiger partial charge < -0.3 is 5.32 Å². The zero-order valence-corrected chi connectivity index (χ0v) is 14.0. The topological polar surface area (TPSA) is 96.8 Å². The molecule has 2 N–H and O–H groups in total. The van der Waals surface area contributed by atoms with Crippen molar-refractivity contribution in [3.63, 3.8) is 0 Å². The van der Waals surface area contributed by atoms with Crippen LogP contribution in [-0.2, 0) is 0 Å². The molecule has 0 unspecified atom stereocenters. The first-order chi connectivity index (χ1) is 12.4. The van der Waals surface area contributed by atoms with E-state index in [0.717, 1.165) is 18.9 Å². The van der Waals surface area contributed by atoms with Crippen molar-refractivity contribution in [3.05, 3.63) is 67.7 Å². The van der Waals surface area contributed by atoms with Gasteiger partial charge in [-0.3, -0.25) is 19.1 Å². The summed E-state index contributed by atoms with van der Waals surface area (Å²) in [5, 5.41) is 2.59. The lowest BCUT2D eigenvalue weighted by molar-refractivity contribution is 0.102. The maximum atomic E-state index is 13.2. The zero-order chi connectivity index (χ0) is 18.4. The Morgan fingerprint density at radius 2 is 2.08 bits per heavy atom. The minimum absolute atomic E-state index is 0.0235. The van der Waals surface area contributed by atoms with Crippen molar-refractivity contribution in [2.24, 2.45) is 0 Å². The molecule has 2 aromatic heterocycles. The summed E-state index contributed by atoms with van der Waals surface area (Å²) in [7, 11) is 0. The van der Waals surface area contributed by atoms with Gasteiger partial charge in [0.05, 0.1) is 16.0 Å². The highest BCUT2D eigenvalue weighted by atomic mass is 35.5. The van der Waals surface area contributed by atoms with E-state index in [0.29, 0.717) is 5.69 Å². The SMILES string of the molecule is O=C(Nc1ccc(F)c(Cl)c1)c1cnc2c(c1)c(=O)[nH]c(=O)n2C1CC1. The van der Waals surface area contributed by atoms with Crippen molar-refractivity contribution in [1.82, 2.24) is 14.5 Å². The highest BCUT2D eigenvalue weighted by Crippen LogP contribution is 2.34. The van der Waals surface area contributed by atoms with Crippen molar-refractivity contribution < 1.29 is 9.18 Å². The first kappa shape index (κ1) is 16.5. The molecule has 0 saturated heterocycles. The van der Waals surface area contributed by atoms with Gasteiger partial charge in [0.15, 0.2) is 0 Å². The van der Waals surface area contributed by atoms with Crippen molar-refractivity contribution in [2.75, 3.05) is 5.32 Å². The zero-order valence-electron chi connectivity index (χ0n) is 13.3. The lowest BCUT2D eigenvalue weighted by Crippen LogP contribution is -2.30. The molecule has 26 heavy (non-hydrogen) atoms. The first-order valence-corrected chi connectivity index (χ1v) is 8.23. The Hall–Kier alpha value is -3.00. The number of rotatable bonds is 3. The van der Waals surface area contributed by atoms with Crippen molar-refractivity contribution in [3.8, 4) is 0 Å². The van der Waals surface area contributed by atoms with E-state index < -0.39 is 23.0 Å². The van der Waals surface area contributed by atoms with Crippen LogP contribution in [0.25, 0.3) is 11.0 Å². The summed E-state index contributed by atoms with van der Waals surface area (Å²) in [6.45, 7) is 0. The molecule has 0 atom stereocenters. The number of aromatic amines is 1. The maximum Gasteiger partial charge on any atom is 0.330 e. The number of nitrogens with zero attached hydrogens (tertiary/aromatic N) is 2. The predicted octanol–water partition coefficient (Wildman–Crippen LogP) is 2.46. The molecule has 0 spiro atoms. The van der Waals surface area contributed by atoms with Gasteiger partial charge >= 0.3 is 5.69 Å². The molecule has 4 rings (SSSR count). The number of H-pyrrole nitrogens is 1. The molecule has 0 radical (unpaired) electrons. The summed E-state index contributed by atoms with van der Waals surface area (Å²) < 4.78 is 14.6. The number of anilines is 1. The third kappa shape index (κ3) is 2.88. The fourth-order valence-electron chi connectivity index (χ4n) is 2.71. The Morgan fingerprint density at radius 1 is 1.31 bits per heavy atom. The van der Waals surface area contributed by atoms with E-state index in [9.17, 15) is 18.8 Å². The van der Waals surface area contributed by atoms with E-state index >= 15 is 0 Å². The third-order valence-corrected chi connectivity index (χ3v) is 4.42. The Morgan fingerprint density at radius 3 is 2.77 bits per heavy atom. The van der Waals surface area contributed by atoms with Gasteiger partial charge in [0.25, 0.3) is 11.5 Å². The minimum Gasteiger partial charge on any atom is -0.322 e. The first-order valence-electron chi connectivity index (χ1n) is 7.85. The number of carbonyl (C=O) groups excluding carboxylic acids is 1. The van der Waals surface area contributed by atoms with Crippen LogP contribution < -0.4 is 16.6 Å². The number of hydrogen-bond acceptors (Lipinski definition) is 4. The van der Waals surface area contributed by atoms with E-state index in [1.807, 2.05) is 0 Å². The van der Waals surface area contributed by atoms with Crippen LogP contribution in [-0.4, -0.2) is 20.4 Å². The van der Waals surface area contributed by atoms with Crippen LogP contribution in [0.3, 0.4) is 0 Å². The van der Waals surface area contributed by atoms with Crippen molar-refractivity contribution in [1.29, 1.82) is 0 Å². The van der Waals surface area contributed by atoms with Crippen LogP contribution in [0, 0.1) is 5.82 Å². The van der Waals surface area contributed by atoms with E-state index in [-0.39, 0.29) is 27.7 Å². The summed E-state index contributed by atoms with van der Waals surface area (Å²) in [5.41, 5.74) is -0.421. The van der Waals surface area contributed by atoms with Gasteiger partial charge in [0, 0.05) is 17.9 Å². The largest absolute Gasteiger partial charge is 0.330 e. The molecule has 3 aromatic rings. The number of nitrogens with one attached hydrogen (secondary N) is 2. The average molecular weight is 375 g/mol. The van der Waals surface area contributed by atoms with E-state index in [1.54, 1.807) is 0 Å². The van der Waals surface area contributed by atoms with Crippen LogP contribution in [0.2, 0.25) is 5.02 Å². The molecular formula is C17H12ClFN4O3. The van der Waals surface area contributed by atoms with E-state index in [4.69, 9.17) is 11.6 Å². The fraction of sp³-hybridized carbons (Fsp3) is 0.176. The quantitative estimate of drug-likeness (QED) is 0.736. The van der Waals surface area contributed by atoms with Gasteiger partial charge in [-0.25, -0.2) is 14.2 Å². The molecule has 0 aliphatic heterocycles. The Bertz CT molecular complexity index is 1170. The minimum atomic E-state index is -0.603. The van der Waals surface area contributed by atoms with Gasteiger partial charge in [0.1, 0.15) is 11.5 Å². The summed E-state index contributed by atoms with van der Waals surface area (Å²) in [5.74, 6) is -1.13. The second kappa shape index (κ2) is 6.06. The molecule has 1 aromatic carbocycles. The molecule has 7 nitrogen and oxygen atoms in total. The second-order valence-corrected chi connectivity index (χ2v) is 6.45. The van der Waals surface area contributed by atoms with E-state index in [1.165, 1.54) is 29.0 Å². The fourth-order valence-corrected chi connectivity index (χ4v) is 2.89. The van der Waals surface area contributed by atoms with Crippen LogP contribution in [0.1, 0.15) is 29.2 Å². The molecule has 2 heterocycles. The molecule has 1 fully saturated rings. The Kier molecular flexibility index (Phi) is 3.84.